The molecular formula is C25H22ClFN2O2. The van der Waals surface area contributed by atoms with Crippen molar-refractivity contribution in [1.82, 2.24) is 9.80 Å². The summed E-state index contributed by atoms with van der Waals surface area (Å²) in [7, 11) is 0. The van der Waals surface area contributed by atoms with Gasteiger partial charge in [-0.05, 0) is 42.3 Å². The largest absolute Gasteiger partial charge is 0.309 e. The number of allylic oxidation sites excluding steroid dienone is 3. The lowest BCUT2D eigenvalue weighted by Gasteiger charge is -2.47. The van der Waals surface area contributed by atoms with Crippen molar-refractivity contribution >= 4 is 23.4 Å². The predicted molar refractivity (Wildman–Crippen MR) is 119 cm³/mol. The number of carbonyl (C=O) groups is 2. The molecule has 4 rings (SSSR count). The van der Waals surface area contributed by atoms with Gasteiger partial charge in [0.25, 0.3) is 11.8 Å². The van der Waals surface area contributed by atoms with Crippen LogP contribution in [0.2, 0.25) is 5.02 Å². The summed E-state index contributed by atoms with van der Waals surface area (Å²) in [6.07, 6.45) is 4.41. The fourth-order valence-corrected chi connectivity index (χ4v) is 4.67. The Bertz CT molecular complexity index is 1120. The van der Waals surface area contributed by atoms with Crippen LogP contribution in [-0.4, -0.2) is 34.7 Å². The van der Waals surface area contributed by atoms with Gasteiger partial charge in [0.2, 0.25) is 0 Å². The third kappa shape index (κ3) is 3.29. The smallest absolute Gasteiger partial charge is 0.259 e. The highest BCUT2D eigenvalue weighted by Crippen LogP contribution is 2.45. The van der Waals surface area contributed by atoms with E-state index in [0.717, 1.165) is 11.1 Å². The average molecular weight is 437 g/mol. The first kappa shape index (κ1) is 21.1. The van der Waals surface area contributed by atoms with Crippen LogP contribution in [0, 0.1) is 0 Å². The van der Waals surface area contributed by atoms with Gasteiger partial charge in [-0.1, -0.05) is 60.7 Å². The molecule has 158 valence electrons. The molecule has 31 heavy (non-hydrogen) atoms. The van der Waals surface area contributed by atoms with Crippen LogP contribution in [0.25, 0.3) is 0 Å². The summed E-state index contributed by atoms with van der Waals surface area (Å²) in [5.74, 6) is -1.26. The molecule has 0 aliphatic carbocycles. The molecule has 2 aromatic rings. The molecule has 1 unspecified atom stereocenters. The van der Waals surface area contributed by atoms with E-state index < -0.39 is 17.4 Å². The van der Waals surface area contributed by atoms with E-state index in [2.05, 4.69) is 6.58 Å². The Kier molecular flexibility index (Phi) is 5.54. The Morgan fingerprint density at radius 1 is 1.16 bits per heavy atom. The van der Waals surface area contributed by atoms with E-state index in [-0.39, 0.29) is 18.0 Å². The molecule has 0 saturated carbocycles. The molecular weight excluding hydrogens is 415 g/mol. The zero-order valence-corrected chi connectivity index (χ0v) is 17.9. The third-order valence-electron chi connectivity index (χ3n) is 5.95. The molecule has 6 heteroatoms. The molecule has 0 radical (unpaired) electrons. The van der Waals surface area contributed by atoms with Gasteiger partial charge in [0.05, 0.1) is 5.57 Å². The number of nitrogens with zero attached hydrogens (tertiary/aromatic N) is 2. The molecule has 0 aromatic heterocycles. The molecule has 2 aliphatic rings. The molecule has 1 fully saturated rings. The Hall–Kier alpha value is -3.18. The molecule has 2 amide bonds. The number of rotatable bonds is 4. The van der Waals surface area contributed by atoms with Gasteiger partial charge in [-0.25, -0.2) is 4.39 Å². The van der Waals surface area contributed by atoms with Gasteiger partial charge >= 0.3 is 0 Å². The minimum Gasteiger partial charge on any atom is -0.309 e. The highest BCUT2D eigenvalue weighted by Gasteiger charge is 2.56. The summed E-state index contributed by atoms with van der Waals surface area (Å²) in [6, 6.07) is 14.5. The van der Waals surface area contributed by atoms with E-state index in [4.69, 9.17) is 11.6 Å². The fraction of sp³-hybridized carbons (Fsp3) is 0.200. The summed E-state index contributed by atoms with van der Waals surface area (Å²) in [4.78, 5) is 30.4. The standard InChI is InChI=1S/C25H22ClFN2O2/c1-3-7-21(22(27)4-2)24(31)29-15-14-28-23(30)20-9-6-5-8-17(20)16-25(28,29)18-10-12-19(26)13-11-18/h3-13H,1,14-16H2,2H3/b21-7+,22-4+. The van der Waals surface area contributed by atoms with Crippen LogP contribution in [0.4, 0.5) is 4.39 Å². The lowest BCUT2D eigenvalue weighted by molar-refractivity contribution is -0.135. The summed E-state index contributed by atoms with van der Waals surface area (Å²) in [5, 5.41) is 0.553. The summed E-state index contributed by atoms with van der Waals surface area (Å²) in [6.45, 7) is 5.78. The second-order valence-electron chi connectivity index (χ2n) is 7.52. The molecule has 0 spiro atoms. The molecule has 1 atom stereocenters. The maximum Gasteiger partial charge on any atom is 0.259 e. The topological polar surface area (TPSA) is 40.6 Å². The number of hydrogen-bond acceptors (Lipinski definition) is 2. The van der Waals surface area contributed by atoms with Crippen molar-refractivity contribution in [3.05, 3.63) is 106 Å². The second-order valence-corrected chi connectivity index (χ2v) is 7.96. The molecule has 2 heterocycles. The quantitative estimate of drug-likeness (QED) is 0.498. The zero-order chi connectivity index (χ0) is 22.2. The average Bonchev–Trinajstić information content (AvgIpc) is 3.17. The maximum absolute atomic E-state index is 14.6. The van der Waals surface area contributed by atoms with Gasteiger partial charge in [0, 0.05) is 30.1 Å². The van der Waals surface area contributed by atoms with Crippen LogP contribution in [0.3, 0.4) is 0 Å². The van der Waals surface area contributed by atoms with Gasteiger partial charge in [0.15, 0.2) is 0 Å². The highest BCUT2D eigenvalue weighted by molar-refractivity contribution is 6.30. The van der Waals surface area contributed by atoms with Gasteiger partial charge in [0.1, 0.15) is 11.5 Å². The Morgan fingerprint density at radius 2 is 1.87 bits per heavy atom. The predicted octanol–water partition coefficient (Wildman–Crippen LogP) is 5.02. The van der Waals surface area contributed by atoms with E-state index in [1.54, 1.807) is 28.0 Å². The third-order valence-corrected chi connectivity index (χ3v) is 6.20. The molecule has 0 N–H and O–H groups in total. The highest BCUT2D eigenvalue weighted by atomic mass is 35.5. The van der Waals surface area contributed by atoms with Gasteiger partial charge in [-0.2, -0.15) is 0 Å². The van der Waals surface area contributed by atoms with Crippen LogP contribution in [0.5, 0.6) is 0 Å². The van der Waals surface area contributed by atoms with Crippen molar-refractivity contribution in [2.24, 2.45) is 0 Å². The van der Waals surface area contributed by atoms with Crippen molar-refractivity contribution in [3.8, 4) is 0 Å². The van der Waals surface area contributed by atoms with E-state index >= 15 is 0 Å². The number of halogens is 2. The molecule has 2 aromatic carbocycles. The number of benzene rings is 2. The summed E-state index contributed by atoms with van der Waals surface area (Å²) < 4.78 is 14.6. The second kappa shape index (κ2) is 8.16. The first-order chi connectivity index (χ1) is 14.9. The Morgan fingerprint density at radius 3 is 2.55 bits per heavy atom. The van der Waals surface area contributed by atoms with Crippen LogP contribution in [0.1, 0.15) is 28.4 Å². The van der Waals surface area contributed by atoms with Crippen molar-refractivity contribution in [2.45, 2.75) is 19.0 Å². The van der Waals surface area contributed by atoms with Crippen LogP contribution < -0.4 is 0 Å². The number of amides is 2. The number of fused-ring (bicyclic) bond motifs is 2. The van der Waals surface area contributed by atoms with Crippen LogP contribution in [0.15, 0.2) is 84.7 Å². The van der Waals surface area contributed by atoms with Gasteiger partial charge < -0.3 is 9.80 Å². The normalized spacial score (nSPS) is 21.1. The van der Waals surface area contributed by atoms with Gasteiger partial charge in [-0.15, -0.1) is 0 Å². The lowest BCUT2D eigenvalue weighted by Crippen LogP contribution is -2.58. The maximum atomic E-state index is 14.6. The summed E-state index contributed by atoms with van der Waals surface area (Å²) >= 11 is 6.11. The van der Waals surface area contributed by atoms with E-state index in [1.807, 2.05) is 30.3 Å². The molecule has 0 bridgehead atoms. The number of carbonyl (C=O) groups excluding carboxylic acids is 2. The SMILES string of the molecule is C=C/C=C(C(=O)N1CCN2C(=O)c3ccccc3CC12c1ccc(Cl)cc1)\C(F)=C/C. The van der Waals surface area contributed by atoms with Gasteiger partial charge in [-0.3, -0.25) is 9.59 Å². The first-order valence-corrected chi connectivity index (χ1v) is 10.4. The van der Waals surface area contributed by atoms with E-state index in [9.17, 15) is 14.0 Å². The molecule has 2 aliphatic heterocycles. The first-order valence-electron chi connectivity index (χ1n) is 10.1. The van der Waals surface area contributed by atoms with Crippen molar-refractivity contribution in [1.29, 1.82) is 0 Å². The Labute approximate surface area is 185 Å². The molecule has 4 nitrogen and oxygen atoms in total. The monoisotopic (exact) mass is 436 g/mol. The van der Waals surface area contributed by atoms with Crippen molar-refractivity contribution in [2.75, 3.05) is 13.1 Å². The molecule has 1 saturated heterocycles. The van der Waals surface area contributed by atoms with Crippen molar-refractivity contribution < 1.29 is 14.0 Å². The van der Waals surface area contributed by atoms with Crippen molar-refractivity contribution in [3.63, 3.8) is 0 Å². The van der Waals surface area contributed by atoms with E-state index in [0.29, 0.717) is 23.6 Å². The minimum absolute atomic E-state index is 0.0843. The Balaban J connectivity index is 1.92. The summed E-state index contributed by atoms with van der Waals surface area (Å²) in [5.41, 5.74) is 1.08. The number of hydrogen-bond donors (Lipinski definition) is 0. The van der Waals surface area contributed by atoms with Crippen LogP contribution >= 0.6 is 11.6 Å². The zero-order valence-electron chi connectivity index (χ0n) is 17.1. The minimum atomic E-state index is -1.07. The van der Waals surface area contributed by atoms with E-state index in [1.165, 1.54) is 25.2 Å². The lowest BCUT2D eigenvalue weighted by atomic mass is 9.83. The van der Waals surface area contributed by atoms with Crippen LogP contribution in [-0.2, 0) is 16.9 Å². The fourth-order valence-electron chi connectivity index (χ4n) is 4.54.